The number of nitrogens with zero attached hydrogens (tertiary/aromatic N) is 2. The Morgan fingerprint density at radius 2 is 0.966 bits per heavy atom. The summed E-state index contributed by atoms with van der Waals surface area (Å²) in [5, 5.41) is 5.31. The minimum atomic E-state index is 0.628. The number of benzene rings is 4. The van der Waals surface area contributed by atoms with Crippen molar-refractivity contribution >= 4 is 33.1 Å². The third-order valence-corrected chi connectivity index (χ3v) is 5.95. The Kier molecular flexibility index (Phi) is 4.30. The van der Waals surface area contributed by atoms with Gasteiger partial charge < -0.3 is 0 Å². The van der Waals surface area contributed by atoms with Crippen molar-refractivity contribution < 1.29 is 0 Å². The van der Waals surface area contributed by atoms with E-state index >= 15 is 0 Å². The molecule has 5 aromatic rings. The lowest BCUT2D eigenvalue weighted by atomic mass is 9.88. The van der Waals surface area contributed by atoms with E-state index in [1.165, 1.54) is 21.9 Å². The van der Waals surface area contributed by atoms with Crippen molar-refractivity contribution in [1.29, 1.82) is 0 Å². The Bertz CT molecular complexity index is 1290. The van der Waals surface area contributed by atoms with Crippen molar-refractivity contribution in [3.63, 3.8) is 0 Å². The zero-order chi connectivity index (χ0) is 20.0. The van der Waals surface area contributed by atoms with Gasteiger partial charge in [0.05, 0.1) is 16.4 Å². The fourth-order valence-corrected chi connectivity index (χ4v) is 4.18. The van der Waals surface area contributed by atoms with Gasteiger partial charge in [0.15, 0.2) is 5.82 Å². The highest BCUT2D eigenvalue weighted by Gasteiger charge is 2.18. The van der Waals surface area contributed by atoms with E-state index in [9.17, 15) is 0 Å². The third kappa shape index (κ3) is 2.88. The summed E-state index contributed by atoms with van der Waals surface area (Å²) < 4.78 is 0. The molecule has 0 aliphatic rings. The Morgan fingerprint density at radius 3 is 1.45 bits per heavy atom. The zero-order valence-corrected chi connectivity index (χ0v) is 17.0. The minimum Gasteiger partial charge on any atom is -0.232 e. The fraction of sp³-hybridized carbons (Fsp3) is 0.0769. The molecule has 0 fully saturated rings. The molecule has 0 saturated carbocycles. The van der Waals surface area contributed by atoms with Crippen molar-refractivity contribution in [3.05, 3.63) is 95.3 Å². The molecule has 3 heteroatoms. The van der Waals surface area contributed by atoms with E-state index in [1.54, 1.807) is 0 Å². The van der Waals surface area contributed by atoms with Gasteiger partial charge >= 0.3 is 0 Å². The number of fused-ring (bicyclic) bond motifs is 2. The van der Waals surface area contributed by atoms with E-state index in [0.29, 0.717) is 5.02 Å². The standard InChI is InChI=1S/C26H19ClN2/c1-16-25(27)17(2)29-26(28-16)24-21-14-8-6-12-19(21)23(18-10-4-3-5-11-18)20-13-7-9-15-22(20)24/h3-15H,1-2H3. The molecule has 5 rings (SSSR count). The highest BCUT2D eigenvalue weighted by atomic mass is 35.5. The summed E-state index contributed by atoms with van der Waals surface area (Å²) >= 11 is 6.35. The van der Waals surface area contributed by atoms with Crippen LogP contribution in [0.5, 0.6) is 0 Å². The lowest BCUT2D eigenvalue weighted by Crippen LogP contribution is -1.99. The molecule has 29 heavy (non-hydrogen) atoms. The first-order valence-corrected chi connectivity index (χ1v) is 10.0. The number of halogens is 1. The van der Waals surface area contributed by atoms with Crippen LogP contribution in [-0.4, -0.2) is 9.97 Å². The molecule has 140 valence electrons. The van der Waals surface area contributed by atoms with Gasteiger partial charge in [-0.05, 0) is 46.5 Å². The molecule has 0 radical (unpaired) electrons. The number of aromatic nitrogens is 2. The molecule has 0 N–H and O–H groups in total. The molecule has 0 saturated heterocycles. The van der Waals surface area contributed by atoms with Crippen LogP contribution in [0.2, 0.25) is 5.02 Å². The Morgan fingerprint density at radius 1 is 0.552 bits per heavy atom. The Labute approximate surface area is 174 Å². The smallest absolute Gasteiger partial charge is 0.160 e. The quantitative estimate of drug-likeness (QED) is 0.292. The molecule has 2 nitrogen and oxygen atoms in total. The average Bonchev–Trinajstić information content (AvgIpc) is 2.76. The SMILES string of the molecule is Cc1nc(-c2c3ccccc3c(-c3ccccc3)c3ccccc23)nc(C)c1Cl. The first-order valence-electron chi connectivity index (χ1n) is 9.65. The van der Waals surface area contributed by atoms with Gasteiger partial charge in [-0.2, -0.15) is 0 Å². The molecule has 4 aromatic carbocycles. The number of rotatable bonds is 2. The molecule has 0 aliphatic heterocycles. The maximum absolute atomic E-state index is 6.35. The Hall–Kier alpha value is -3.23. The molecule has 0 aliphatic carbocycles. The van der Waals surface area contributed by atoms with E-state index in [0.717, 1.165) is 33.5 Å². The molecule has 0 spiro atoms. The van der Waals surface area contributed by atoms with Crippen LogP contribution in [-0.2, 0) is 0 Å². The number of hydrogen-bond donors (Lipinski definition) is 0. The summed E-state index contributed by atoms with van der Waals surface area (Å²) in [5.74, 6) is 0.719. The van der Waals surface area contributed by atoms with Crippen molar-refractivity contribution in [3.8, 4) is 22.5 Å². The molecular weight excluding hydrogens is 376 g/mol. The third-order valence-electron chi connectivity index (χ3n) is 5.40. The van der Waals surface area contributed by atoms with Crippen LogP contribution in [0.1, 0.15) is 11.4 Å². The molecule has 1 aromatic heterocycles. The first-order chi connectivity index (χ1) is 14.1. The van der Waals surface area contributed by atoms with Gasteiger partial charge in [-0.1, -0.05) is 90.5 Å². The van der Waals surface area contributed by atoms with E-state index in [1.807, 2.05) is 13.8 Å². The monoisotopic (exact) mass is 394 g/mol. The summed E-state index contributed by atoms with van der Waals surface area (Å²) in [6.07, 6.45) is 0. The first kappa shape index (κ1) is 17.8. The maximum atomic E-state index is 6.35. The summed E-state index contributed by atoms with van der Waals surface area (Å²) in [6.45, 7) is 3.87. The van der Waals surface area contributed by atoms with E-state index in [4.69, 9.17) is 21.6 Å². The fourth-order valence-electron chi connectivity index (χ4n) is 4.10. The van der Waals surface area contributed by atoms with Gasteiger partial charge in [0.25, 0.3) is 0 Å². The van der Waals surface area contributed by atoms with Crippen molar-refractivity contribution in [2.24, 2.45) is 0 Å². The zero-order valence-electron chi connectivity index (χ0n) is 16.3. The summed E-state index contributed by atoms with van der Waals surface area (Å²) in [7, 11) is 0. The second-order valence-electron chi connectivity index (χ2n) is 7.24. The van der Waals surface area contributed by atoms with Gasteiger partial charge in [0, 0.05) is 5.56 Å². The summed E-state index contributed by atoms with van der Waals surface area (Å²) in [6, 6.07) is 27.6. The summed E-state index contributed by atoms with van der Waals surface area (Å²) in [5.41, 5.74) is 5.10. The molecule has 0 unspecified atom stereocenters. The second kappa shape index (κ2) is 6.98. The summed E-state index contributed by atoms with van der Waals surface area (Å²) in [4.78, 5) is 9.53. The lowest BCUT2D eigenvalue weighted by Gasteiger charge is -2.17. The number of aryl methyl sites for hydroxylation is 2. The molecule has 1 heterocycles. The average molecular weight is 395 g/mol. The van der Waals surface area contributed by atoms with E-state index in [2.05, 4.69) is 78.9 Å². The lowest BCUT2D eigenvalue weighted by molar-refractivity contribution is 1.07. The van der Waals surface area contributed by atoms with Crippen LogP contribution in [0, 0.1) is 13.8 Å². The van der Waals surface area contributed by atoms with Gasteiger partial charge in [0.2, 0.25) is 0 Å². The van der Waals surface area contributed by atoms with Gasteiger partial charge in [-0.25, -0.2) is 9.97 Å². The van der Waals surface area contributed by atoms with Crippen LogP contribution in [0.15, 0.2) is 78.9 Å². The molecular formula is C26H19ClN2. The molecule has 0 atom stereocenters. The van der Waals surface area contributed by atoms with Gasteiger partial charge in [0.1, 0.15) is 0 Å². The Balaban J connectivity index is 1.99. The highest BCUT2D eigenvalue weighted by molar-refractivity contribution is 6.31. The van der Waals surface area contributed by atoms with Gasteiger partial charge in [-0.15, -0.1) is 0 Å². The minimum absolute atomic E-state index is 0.628. The van der Waals surface area contributed by atoms with Gasteiger partial charge in [-0.3, -0.25) is 0 Å². The molecule has 0 amide bonds. The topological polar surface area (TPSA) is 25.8 Å². The van der Waals surface area contributed by atoms with Crippen LogP contribution in [0.4, 0.5) is 0 Å². The predicted molar refractivity (Wildman–Crippen MR) is 122 cm³/mol. The largest absolute Gasteiger partial charge is 0.232 e. The normalized spacial score (nSPS) is 11.3. The van der Waals surface area contributed by atoms with E-state index < -0.39 is 0 Å². The maximum Gasteiger partial charge on any atom is 0.160 e. The predicted octanol–water partition coefficient (Wildman–Crippen LogP) is 7.39. The van der Waals surface area contributed by atoms with Crippen LogP contribution < -0.4 is 0 Å². The van der Waals surface area contributed by atoms with Crippen molar-refractivity contribution in [1.82, 2.24) is 9.97 Å². The van der Waals surface area contributed by atoms with Crippen LogP contribution >= 0.6 is 11.6 Å². The van der Waals surface area contributed by atoms with Crippen LogP contribution in [0.3, 0.4) is 0 Å². The van der Waals surface area contributed by atoms with Crippen LogP contribution in [0.25, 0.3) is 44.1 Å². The second-order valence-corrected chi connectivity index (χ2v) is 7.62. The van der Waals surface area contributed by atoms with Crippen molar-refractivity contribution in [2.45, 2.75) is 13.8 Å². The highest BCUT2D eigenvalue weighted by Crippen LogP contribution is 2.42. The molecule has 0 bridgehead atoms. The van der Waals surface area contributed by atoms with Crippen molar-refractivity contribution in [2.75, 3.05) is 0 Å². The van der Waals surface area contributed by atoms with E-state index in [-0.39, 0.29) is 0 Å². The number of hydrogen-bond acceptors (Lipinski definition) is 2.